The quantitative estimate of drug-likeness (QED) is 0.452. The number of phenols is 2. The maximum absolute atomic E-state index is 9.52. The fourth-order valence-corrected chi connectivity index (χ4v) is 1.44. The Kier molecular flexibility index (Phi) is 3.64. The van der Waals surface area contributed by atoms with Crippen molar-refractivity contribution in [1.29, 1.82) is 0 Å². The number of aromatic hydroxyl groups is 2. The molecule has 0 saturated carbocycles. The van der Waals surface area contributed by atoms with Gasteiger partial charge < -0.3 is 10.2 Å². The number of pyridine rings is 1. The first kappa shape index (κ1) is 12.2. The smallest absolute Gasteiger partial charge is 0.147 e. The maximum atomic E-state index is 9.52. The number of benzene rings is 1. The molecule has 0 amide bonds. The van der Waals surface area contributed by atoms with Crippen LogP contribution in [0.2, 0.25) is 5.15 Å². The monoisotopic (exact) mass is 263 g/mol. The van der Waals surface area contributed by atoms with Crippen molar-refractivity contribution in [1.82, 2.24) is 4.98 Å². The third kappa shape index (κ3) is 3.11. The van der Waals surface area contributed by atoms with Crippen LogP contribution in [0, 0.1) is 0 Å². The van der Waals surface area contributed by atoms with E-state index in [1.807, 2.05) is 0 Å². The Bertz CT molecular complexity index is 587. The van der Waals surface area contributed by atoms with Crippen molar-refractivity contribution in [2.24, 2.45) is 5.10 Å². The van der Waals surface area contributed by atoms with Gasteiger partial charge in [-0.1, -0.05) is 17.7 Å². The number of hydrogen-bond acceptors (Lipinski definition) is 5. The molecule has 2 aromatic rings. The molecule has 0 bridgehead atoms. The number of rotatable bonds is 3. The van der Waals surface area contributed by atoms with E-state index in [-0.39, 0.29) is 11.5 Å². The Morgan fingerprint density at radius 1 is 1.22 bits per heavy atom. The highest BCUT2D eigenvalue weighted by Crippen LogP contribution is 2.20. The summed E-state index contributed by atoms with van der Waals surface area (Å²) in [6, 6.07) is 9.34. The van der Waals surface area contributed by atoms with Crippen molar-refractivity contribution in [3.8, 4) is 11.5 Å². The summed E-state index contributed by atoms with van der Waals surface area (Å²) in [5, 5.41) is 22.9. The minimum Gasteiger partial charge on any atom is -0.508 e. The second-order valence-electron chi connectivity index (χ2n) is 3.46. The minimum atomic E-state index is -0.0559. The number of nitrogens with one attached hydrogen (secondary N) is 1. The molecule has 5 nitrogen and oxygen atoms in total. The first-order valence-electron chi connectivity index (χ1n) is 5.09. The molecule has 18 heavy (non-hydrogen) atoms. The predicted octanol–water partition coefficient (Wildman–Crippen LogP) is 2.59. The van der Waals surface area contributed by atoms with E-state index in [2.05, 4.69) is 15.5 Å². The fraction of sp³-hybridized carbons (Fsp3) is 0. The van der Waals surface area contributed by atoms with Crippen molar-refractivity contribution in [3.05, 3.63) is 47.1 Å². The molecule has 1 aromatic heterocycles. The zero-order valence-electron chi connectivity index (χ0n) is 9.21. The van der Waals surface area contributed by atoms with E-state index in [9.17, 15) is 5.11 Å². The highest BCUT2D eigenvalue weighted by atomic mass is 35.5. The lowest BCUT2D eigenvalue weighted by Crippen LogP contribution is -1.93. The molecule has 92 valence electrons. The molecular weight excluding hydrogens is 254 g/mol. The van der Waals surface area contributed by atoms with Gasteiger partial charge in [0.15, 0.2) is 0 Å². The second kappa shape index (κ2) is 5.37. The van der Waals surface area contributed by atoms with Crippen LogP contribution in [0.1, 0.15) is 5.56 Å². The maximum Gasteiger partial charge on any atom is 0.147 e. The molecule has 0 aliphatic heterocycles. The lowest BCUT2D eigenvalue weighted by molar-refractivity contribution is 0.450. The van der Waals surface area contributed by atoms with Crippen molar-refractivity contribution >= 4 is 23.6 Å². The van der Waals surface area contributed by atoms with E-state index in [0.29, 0.717) is 16.5 Å². The van der Waals surface area contributed by atoms with Crippen LogP contribution in [0.3, 0.4) is 0 Å². The second-order valence-corrected chi connectivity index (χ2v) is 3.85. The van der Waals surface area contributed by atoms with Gasteiger partial charge in [-0.15, -0.1) is 0 Å². The van der Waals surface area contributed by atoms with Gasteiger partial charge in [0, 0.05) is 11.6 Å². The van der Waals surface area contributed by atoms with E-state index in [0.717, 1.165) is 0 Å². The van der Waals surface area contributed by atoms with Gasteiger partial charge in [0.1, 0.15) is 22.5 Å². The molecule has 0 atom stereocenters. The lowest BCUT2D eigenvalue weighted by atomic mass is 10.2. The van der Waals surface area contributed by atoms with Gasteiger partial charge in [0.05, 0.1) is 6.21 Å². The first-order valence-corrected chi connectivity index (χ1v) is 5.46. The number of hydrazone groups is 1. The lowest BCUT2D eigenvalue weighted by Gasteiger charge is -2.01. The van der Waals surface area contributed by atoms with Crippen LogP contribution in [0.4, 0.5) is 5.82 Å². The minimum absolute atomic E-state index is 0.00545. The molecule has 6 heteroatoms. The summed E-state index contributed by atoms with van der Waals surface area (Å²) in [5.41, 5.74) is 3.15. The Balaban J connectivity index is 2.07. The SMILES string of the molecule is Oc1ccc(/C=N/Nc2cccc(Cl)n2)c(O)c1. The van der Waals surface area contributed by atoms with Gasteiger partial charge >= 0.3 is 0 Å². The molecule has 2 rings (SSSR count). The van der Waals surface area contributed by atoms with Crippen LogP contribution in [-0.2, 0) is 0 Å². The normalized spacial score (nSPS) is 10.7. The molecule has 1 aromatic carbocycles. The molecular formula is C12H10ClN3O2. The molecule has 0 fully saturated rings. The van der Waals surface area contributed by atoms with Gasteiger partial charge in [0.2, 0.25) is 0 Å². The molecule has 0 aliphatic carbocycles. The highest BCUT2D eigenvalue weighted by Gasteiger charge is 1.99. The van der Waals surface area contributed by atoms with Gasteiger partial charge in [-0.3, -0.25) is 5.43 Å². The number of aromatic nitrogens is 1. The molecule has 0 unspecified atom stereocenters. The Morgan fingerprint density at radius 2 is 2.06 bits per heavy atom. The van der Waals surface area contributed by atoms with Crippen molar-refractivity contribution in [2.45, 2.75) is 0 Å². The number of nitrogens with zero attached hydrogens (tertiary/aromatic N) is 2. The van der Waals surface area contributed by atoms with Crippen LogP contribution >= 0.6 is 11.6 Å². The Labute approximate surface area is 108 Å². The van der Waals surface area contributed by atoms with Crippen LogP contribution in [-0.4, -0.2) is 21.4 Å². The number of phenolic OH excluding ortho intramolecular Hbond substituents is 2. The van der Waals surface area contributed by atoms with Gasteiger partial charge in [-0.25, -0.2) is 4.98 Å². The van der Waals surface area contributed by atoms with E-state index in [1.165, 1.54) is 18.3 Å². The average molecular weight is 264 g/mol. The molecule has 0 saturated heterocycles. The number of hydrogen-bond donors (Lipinski definition) is 3. The molecule has 0 aliphatic rings. The van der Waals surface area contributed by atoms with Crippen molar-refractivity contribution < 1.29 is 10.2 Å². The fourth-order valence-electron chi connectivity index (χ4n) is 1.28. The van der Waals surface area contributed by atoms with Crippen LogP contribution < -0.4 is 5.43 Å². The van der Waals surface area contributed by atoms with Crippen LogP contribution in [0.15, 0.2) is 41.5 Å². The van der Waals surface area contributed by atoms with Crippen LogP contribution in [0.25, 0.3) is 0 Å². The zero-order valence-corrected chi connectivity index (χ0v) is 9.96. The summed E-state index contributed by atoms with van der Waals surface area (Å²) in [5.74, 6) is 0.436. The average Bonchev–Trinajstić information content (AvgIpc) is 2.32. The van der Waals surface area contributed by atoms with Gasteiger partial charge in [0.25, 0.3) is 0 Å². The molecule has 0 spiro atoms. The molecule has 3 N–H and O–H groups in total. The van der Waals surface area contributed by atoms with Crippen molar-refractivity contribution in [3.63, 3.8) is 0 Å². The Hall–Kier alpha value is -2.27. The topological polar surface area (TPSA) is 77.7 Å². The van der Waals surface area contributed by atoms with E-state index < -0.39 is 0 Å². The summed E-state index contributed by atoms with van der Waals surface area (Å²) in [6.07, 6.45) is 1.41. The third-order valence-corrected chi connectivity index (χ3v) is 2.32. The molecule has 1 heterocycles. The summed E-state index contributed by atoms with van der Waals surface area (Å²) in [4.78, 5) is 3.98. The molecule has 0 radical (unpaired) electrons. The largest absolute Gasteiger partial charge is 0.508 e. The first-order chi connectivity index (χ1) is 8.65. The van der Waals surface area contributed by atoms with Gasteiger partial charge in [-0.05, 0) is 24.3 Å². The number of halogens is 1. The van der Waals surface area contributed by atoms with E-state index >= 15 is 0 Å². The summed E-state index contributed by atoms with van der Waals surface area (Å²) < 4.78 is 0. The summed E-state index contributed by atoms with van der Waals surface area (Å²) in [7, 11) is 0. The summed E-state index contributed by atoms with van der Waals surface area (Å²) >= 11 is 5.71. The Morgan fingerprint density at radius 3 is 2.78 bits per heavy atom. The summed E-state index contributed by atoms with van der Waals surface area (Å²) in [6.45, 7) is 0. The predicted molar refractivity (Wildman–Crippen MR) is 70.2 cm³/mol. The van der Waals surface area contributed by atoms with Crippen LogP contribution in [0.5, 0.6) is 11.5 Å². The van der Waals surface area contributed by atoms with E-state index in [1.54, 1.807) is 24.3 Å². The van der Waals surface area contributed by atoms with Crippen molar-refractivity contribution in [2.75, 3.05) is 5.43 Å². The van der Waals surface area contributed by atoms with Gasteiger partial charge in [-0.2, -0.15) is 5.10 Å². The number of anilines is 1. The van der Waals surface area contributed by atoms with E-state index in [4.69, 9.17) is 16.7 Å². The standard InChI is InChI=1S/C12H10ClN3O2/c13-11-2-1-3-12(15-11)16-14-7-8-4-5-9(17)6-10(8)18/h1-7,17-18H,(H,15,16)/b14-7+. The highest BCUT2D eigenvalue weighted by molar-refractivity contribution is 6.29. The third-order valence-electron chi connectivity index (χ3n) is 2.11. The zero-order chi connectivity index (χ0) is 13.0.